The van der Waals surface area contributed by atoms with Crippen LogP contribution in [0, 0.1) is 0 Å². The zero-order valence-corrected chi connectivity index (χ0v) is 10.5. The number of fused-ring (bicyclic) bond motifs is 1. The fraction of sp³-hybridized carbons (Fsp3) is 0.667. The molecule has 0 aromatic carbocycles. The van der Waals surface area contributed by atoms with E-state index in [2.05, 4.69) is 25.2 Å². The molecule has 1 atom stereocenters. The number of hydrogen-bond acceptors (Lipinski definition) is 6. The summed E-state index contributed by atoms with van der Waals surface area (Å²) < 4.78 is 0. The lowest BCUT2D eigenvalue weighted by atomic mass is 9.99. The van der Waals surface area contributed by atoms with Crippen LogP contribution >= 0.6 is 0 Å². The summed E-state index contributed by atoms with van der Waals surface area (Å²) in [6, 6.07) is 2.61. The van der Waals surface area contributed by atoms with Crippen molar-refractivity contribution in [3.05, 3.63) is 12.4 Å². The molecule has 2 fully saturated rings. The second-order valence-electron chi connectivity index (χ2n) is 5.04. The SMILES string of the molecule is NNc1cc(N2CCN3CCCCC3C2)ncn1. The number of nitrogens with one attached hydrogen (secondary N) is 1. The number of piperazine rings is 1. The molecule has 0 bridgehead atoms. The van der Waals surface area contributed by atoms with Crippen molar-refractivity contribution in [1.82, 2.24) is 14.9 Å². The number of hydrogen-bond donors (Lipinski definition) is 2. The summed E-state index contributed by atoms with van der Waals surface area (Å²) in [7, 11) is 0. The normalized spacial score (nSPS) is 24.7. The second-order valence-corrected chi connectivity index (χ2v) is 5.04. The van der Waals surface area contributed by atoms with Gasteiger partial charge in [-0.25, -0.2) is 15.8 Å². The molecule has 18 heavy (non-hydrogen) atoms. The van der Waals surface area contributed by atoms with Crippen LogP contribution in [0.1, 0.15) is 19.3 Å². The number of nitrogens with two attached hydrogens (primary N) is 1. The lowest BCUT2D eigenvalue weighted by Crippen LogP contribution is -2.55. The molecule has 6 heteroatoms. The molecule has 3 rings (SSSR count). The number of nitrogen functional groups attached to an aromatic ring is 1. The van der Waals surface area contributed by atoms with Crippen LogP contribution in [0.5, 0.6) is 0 Å². The molecule has 1 aromatic heterocycles. The molecule has 3 N–H and O–H groups in total. The van der Waals surface area contributed by atoms with Gasteiger partial charge < -0.3 is 10.3 Å². The van der Waals surface area contributed by atoms with E-state index in [1.54, 1.807) is 6.33 Å². The first kappa shape index (κ1) is 11.7. The number of rotatable bonds is 2. The van der Waals surface area contributed by atoms with Crippen LogP contribution in [0.2, 0.25) is 0 Å². The Hall–Kier alpha value is -1.40. The van der Waals surface area contributed by atoms with Crippen molar-refractivity contribution in [2.75, 3.05) is 36.5 Å². The number of nitrogens with zero attached hydrogens (tertiary/aromatic N) is 4. The molecule has 2 saturated heterocycles. The standard InChI is InChI=1S/C12H20N6/c13-16-11-7-12(15-9-14-11)18-6-5-17-4-2-1-3-10(17)8-18/h7,9-10H,1-6,8,13H2,(H,14,15,16). The van der Waals surface area contributed by atoms with Gasteiger partial charge in [0.1, 0.15) is 18.0 Å². The molecule has 0 spiro atoms. The average molecular weight is 248 g/mol. The van der Waals surface area contributed by atoms with E-state index in [1.165, 1.54) is 25.8 Å². The zero-order chi connectivity index (χ0) is 12.4. The summed E-state index contributed by atoms with van der Waals surface area (Å²) in [5, 5.41) is 0. The van der Waals surface area contributed by atoms with E-state index in [9.17, 15) is 0 Å². The highest BCUT2D eigenvalue weighted by atomic mass is 15.3. The quantitative estimate of drug-likeness (QED) is 0.584. The third kappa shape index (κ3) is 2.26. The molecular formula is C12H20N6. The summed E-state index contributed by atoms with van der Waals surface area (Å²) >= 11 is 0. The predicted octanol–water partition coefficient (Wildman–Crippen LogP) is 0.437. The van der Waals surface area contributed by atoms with Gasteiger partial charge in [-0.05, 0) is 19.4 Å². The monoisotopic (exact) mass is 248 g/mol. The first-order valence-corrected chi connectivity index (χ1v) is 6.64. The van der Waals surface area contributed by atoms with Gasteiger partial charge in [-0.3, -0.25) is 4.90 Å². The maximum Gasteiger partial charge on any atom is 0.145 e. The highest BCUT2D eigenvalue weighted by Gasteiger charge is 2.29. The molecular weight excluding hydrogens is 228 g/mol. The average Bonchev–Trinajstić information content (AvgIpc) is 2.47. The molecule has 0 radical (unpaired) electrons. The van der Waals surface area contributed by atoms with Gasteiger partial charge in [0.2, 0.25) is 0 Å². The topological polar surface area (TPSA) is 70.3 Å². The first-order chi connectivity index (χ1) is 8.86. The Balaban J connectivity index is 1.72. The van der Waals surface area contributed by atoms with Crippen LogP contribution in [0.4, 0.5) is 11.6 Å². The lowest BCUT2D eigenvalue weighted by molar-refractivity contribution is 0.133. The molecule has 2 aliphatic heterocycles. The van der Waals surface area contributed by atoms with Gasteiger partial charge in [-0.15, -0.1) is 0 Å². The molecule has 98 valence electrons. The molecule has 0 aliphatic carbocycles. The lowest BCUT2D eigenvalue weighted by Gasteiger charge is -2.44. The Labute approximate surface area is 107 Å². The molecule has 0 amide bonds. The van der Waals surface area contributed by atoms with Crippen LogP contribution < -0.4 is 16.2 Å². The van der Waals surface area contributed by atoms with Crippen molar-refractivity contribution in [3.63, 3.8) is 0 Å². The van der Waals surface area contributed by atoms with Crippen molar-refractivity contribution >= 4 is 11.6 Å². The van der Waals surface area contributed by atoms with E-state index in [4.69, 9.17) is 5.84 Å². The Morgan fingerprint density at radius 1 is 1.22 bits per heavy atom. The van der Waals surface area contributed by atoms with Crippen molar-refractivity contribution in [3.8, 4) is 0 Å². The maximum absolute atomic E-state index is 5.39. The smallest absolute Gasteiger partial charge is 0.145 e. The third-order valence-electron chi connectivity index (χ3n) is 3.96. The number of piperidine rings is 1. The van der Waals surface area contributed by atoms with E-state index in [-0.39, 0.29) is 0 Å². The van der Waals surface area contributed by atoms with Gasteiger partial charge >= 0.3 is 0 Å². The van der Waals surface area contributed by atoms with Crippen molar-refractivity contribution < 1.29 is 0 Å². The highest BCUT2D eigenvalue weighted by Crippen LogP contribution is 2.24. The number of hydrazine groups is 1. The highest BCUT2D eigenvalue weighted by molar-refractivity contribution is 5.48. The van der Waals surface area contributed by atoms with Crippen molar-refractivity contribution in [2.45, 2.75) is 25.3 Å². The van der Waals surface area contributed by atoms with Gasteiger partial charge in [-0.2, -0.15) is 0 Å². The minimum Gasteiger partial charge on any atom is -0.354 e. The Morgan fingerprint density at radius 3 is 3.06 bits per heavy atom. The van der Waals surface area contributed by atoms with E-state index >= 15 is 0 Å². The molecule has 1 aromatic rings. The van der Waals surface area contributed by atoms with Gasteiger partial charge in [0.05, 0.1) is 0 Å². The van der Waals surface area contributed by atoms with E-state index in [0.717, 1.165) is 25.5 Å². The summed E-state index contributed by atoms with van der Waals surface area (Å²) in [4.78, 5) is 13.4. The summed E-state index contributed by atoms with van der Waals surface area (Å²) in [5.41, 5.74) is 2.57. The minimum absolute atomic E-state index is 0.672. The third-order valence-corrected chi connectivity index (χ3v) is 3.96. The molecule has 2 aliphatic rings. The molecule has 0 saturated carbocycles. The van der Waals surface area contributed by atoms with Gasteiger partial charge in [-0.1, -0.05) is 6.42 Å². The predicted molar refractivity (Wildman–Crippen MR) is 71.3 cm³/mol. The van der Waals surface area contributed by atoms with Crippen LogP contribution in [0.3, 0.4) is 0 Å². The maximum atomic E-state index is 5.39. The number of aromatic nitrogens is 2. The number of anilines is 2. The fourth-order valence-corrected chi connectivity index (χ4v) is 2.96. The largest absolute Gasteiger partial charge is 0.354 e. The van der Waals surface area contributed by atoms with Crippen LogP contribution in [0.25, 0.3) is 0 Å². The second kappa shape index (κ2) is 5.07. The Bertz CT molecular complexity index is 409. The van der Waals surface area contributed by atoms with E-state index < -0.39 is 0 Å². The van der Waals surface area contributed by atoms with Gasteiger partial charge in [0, 0.05) is 31.7 Å². The van der Waals surface area contributed by atoms with Crippen molar-refractivity contribution in [2.24, 2.45) is 5.84 Å². The van der Waals surface area contributed by atoms with Gasteiger partial charge in [0.25, 0.3) is 0 Å². The first-order valence-electron chi connectivity index (χ1n) is 6.64. The van der Waals surface area contributed by atoms with Crippen LogP contribution in [-0.4, -0.2) is 47.1 Å². The fourth-order valence-electron chi connectivity index (χ4n) is 2.96. The van der Waals surface area contributed by atoms with Gasteiger partial charge in [0.15, 0.2) is 0 Å². The van der Waals surface area contributed by atoms with E-state index in [1.807, 2.05) is 6.07 Å². The summed E-state index contributed by atoms with van der Waals surface area (Å²) in [6.45, 7) is 4.51. The molecule has 1 unspecified atom stereocenters. The van der Waals surface area contributed by atoms with Crippen LogP contribution in [-0.2, 0) is 0 Å². The van der Waals surface area contributed by atoms with Crippen LogP contribution in [0.15, 0.2) is 12.4 Å². The summed E-state index contributed by atoms with van der Waals surface area (Å²) in [5.74, 6) is 7.03. The minimum atomic E-state index is 0.672. The zero-order valence-electron chi connectivity index (χ0n) is 10.5. The Morgan fingerprint density at radius 2 is 2.17 bits per heavy atom. The Kier molecular flexibility index (Phi) is 3.29. The summed E-state index contributed by atoms with van der Waals surface area (Å²) in [6.07, 6.45) is 5.58. The molecule has 6 nitrogen and oxygen atoms in total. The van der Waals surface area contributed by atoms with E-state index in [0.29, 0.717) is 11.9 Å². The molecule has 3 heterocycles. The van der Waals surface area contributed by atoms with Crippen molar-refractivity contribution in [1.29, 1.82) is 0 Å².